The zero-order chi connectivity index (χ0) is 15.0. The van der Waals surface area contributed by atoms with E-state index in [9.17, 15) is 14.7 Å². The van der Waals surface area contributed by atoms with Gasteiger partial charge in [-0.1, -0.05) is 43.0 Å². The minimum atomic E-state index is -1.72. The summed E-state index contributed by atoms with van der Waals surface area (Å²) in [6.45, 7) is 3.40. The van der Waals surface area contributed by atoms with E-state index in [0.29, 0.717) is 0 Å². The van der Waals surface area contributed by atoms with Crippen molar-refractivity contribution in [1.29, 1.82) is 0 Å². The number of benzene rings is 1. The molecule has 0 aliphatic carbocycles. The predicted octanol–water partition coefficient (Wildman–Crippen LogP) is 0.955. The summed E-state index contributed by atoms with van der Waals surface area (Å²) < 4.78 is 4.72. The van der Waals surface area contributed by atoms with Gasteiger partial charge in [0, 0.05) is 0 Å². The third-order valence-electron chi connectivity index (χ3n) is 2.57. The molecule has 108 valence electrons. The number of hydrogen-bond acceptors (Lipinski definition) is 4. The fraction of sp³-hybridized carbons (Fsp3) is 0.286. The van der Waals surface area contributed by atoms with Gasteiger partial charge in [-0.2, -0.15) is 0 Å². The molecule has 0 radical (unpaired) electrons. The summed E-state index contributed by atoms with van der Waals surface area (Å²) in [7, 11) is 0. The standard InChI is InChI=1S/C14H17NO5/c1-2-8-20-14(19)15-11(12(16)13(17)18)9-10-6-4-3-5-7-10/h2-7,11-12,16H,1,8-9H2,(H,15,19)(H,17,18)/t11-,12?/m0/s1. The number of aliphatic carboxylic acids is 1. The van der Waals surface area contributed by atoms with Crippen molar-refractivity contribution < 1.29 is 24.5 Å². The highest BCUT2D eigenvalue weighted by molar-refractivity contribution is 5.75. The van der Waals surface area contributed by atoms with Gasteiger partial charge < -0.3 is 20.3 Å². The maximum absolute atomic E-state index is 11.4. The van der Waals surface area contributed by atoms with Gasteiger partial charge in [0.2, 0.25) is 0 Å². The highest BCUT2D eigenvalue weighted by Gasteiger charge is 2.27. The molecule has 2 atom stereocenters. The monoisotopic (exact) mass is 279 g/mol. The molecule has 6 heteroatoms. The van der Waals surface area contributed by atoms with Crippen LogP contribution in [0.4, 0.5) is 4.79 Å². The highest BCUT2D eigenvalue weighted by atomic mass is 16.5. The van der Waals surface area contributed by atoms with E-state index in [1.54, 1.807) is 24.3 Å². The molecule has 1 aromatic rings. The molecule has 0 saturated carbocycles. The molecule has 6 nitrogen and oxygen atoms in total. The van der Waals surface area contributed by atoms with Gasteiger partial charge in [-0.3, -0.25) is 0 Å². The minimum absolute atomic E-state index is 0.00700. The molecular formula is C14H17NO5. The summed E-state index contributed by atoms with van der Waals surface area (Å²) in [5, 5.41) is 20.8. The number of carbonyl (C=O) groups excluding carboxylic acids is 1. The van der Waals surface area contributed by atoms with Gasteiger partial charge >= 0.3 is 12.1 Å². The molecule has 0 aromatic heterocycles. The Morgan fingerprint density at radius 2 is 2.00 bits per heavy atom. The van der Waals surface area contributed by atoms with Crippen LogP contribution in [0.25, 0.3) is 0 Å². The van der Waals surface area contributed by atoms with Gasteiger partial charge in [0.25, 0.3) is 0 Å². The maximum atomic E-state index is 11.4. The zero-order valence-electron chi connectivity index (χ0n) is 10.9. The molecule has 1 amide bonds. The predicted molar refractivity (Wildman–Crippen MR) is 72.3 cm³/mol. The van der Waals surface area contributed by atoms with E-state index >= 15 is 0 Å². The second-order valence-electron chi connectivity index (χ2n) is 4.11. The number of alkyl carbamates (subject to hydrolysis) is 1. The Labute approximate surface area is 116 Å². The molecule has 0 bridgehead atoms. The summed E-state index contributed by atoms with van der Waals surface area (Å²) in [5.41, 5.74) is 0.793. The summed E-state index contributed by atoms with van der Waals surface area (Å²) in [4.78, 5) is 22.3. The quantitative estimate of drug-likeness (QED) is 0.646. The normalized spacial score (nSPS) is 13.1. The maximum Gasteiger partial charge on any atom is 0.407 e. The fourth-order valence-corrected chi connectivity index (χ4v) is 1.61. The molecule has 3 N–H and O–H groups in total. The Hall–Kier alpha value is -2.34. The molecule has 0 spiro atoms. The van der Waals surface area contributed by atoms with E-state index in [1.807, 2.05) is 6.07 Å². The SMILES string of the molecule is C=CCOC(=O)N[C@@H](Cc1ccccc1)C(O)C(=O)O. The molecule has 1 unspecified atom stereocenters. The molecule has 1 aromatic carbocycles. The van der Waals surface area contributed by atoms with Crippen LogP contribution in [0.1, 0.15) is 5.56 Å². The van der Waals surface area contributed by atoms with E-state index in [0.717, 1.165) is 5.56 Å². The van der Waals surface area contributed by atoms with Crippen LogP contribution in [0.15, 0.2) is 43.0 Å². The van der Waals surface area contributed by atoms with Crippen LogP contribution in [0, 0.1) is 0 Å². The average Bonchev–Trinajstić information content (AvgIpc) is 2.44. The second kappa shape index (κ2) is 7.96. The lowest BCUT2D eigenvalue weighted by molar-refractivity contribution is -0.148. The zero-order valence-corrected chi connectivity index (χ0v) is 10.9. The first-order valence-corrected chi connectivity index (χ1v) is 6.03. The lowest BCUT2D eigenvalue weighted by atomic mass is 10.0. The van der Waals surface area contributed by atoms with Gasteiger partial charge in [0.1, 0.15) is 6.61 Å². The van der Waals surface area contributed by atoms with Crippen molar-refractivity contribution >= 4 is 12.1 Å². The van der Waals surface area contributed by atoms with Crippen LogP contribution in [0.3, 0.4) is 0 Å². The number of ether oxygens (including phenoxy) is 1. The van der Waals surface area contributed by atoms with Crippen molar-refractivity contribution in [3.63, 3.8) is 0 Å². The largest absolute Gasteiger partial charge is 0.479 e. The van der Waals surface area contributed by atoms with Crippen LogP contribution in [-0.2, 0) is 16.0 Å². The molecule has 0 fully saturated rings. The van der Waals surface area contributed by atoms with Crippen molar-refractivity contribution in [3.8, 4) is 0 Å². The Balaban J connectivity index is 2.72. The summed E-state index contributed by atoms with van der Waals surface area (Å²) in [5.74, 6) is -1.41. The fourth-order valence-electron chi connectivity index (χ4n) is 1.61. The van der Waals surface area contributed by atoms with Crippen molar-refractivity contribution in [2.75, 3.05) is 6.61 Å². The number of rotatable bonds is 7. The number of amides is 1. The third kappa shape index (κ3) is 5.11. The van der Waals surface area contributed by atoms with E-state index in [4.69, 9.17) is 9.84 Å². The molecular weight excluding hydrogens is 262 g/mol. The molecule has 20 heavy (non-hydrogen) atoms. The van der Waals surface area contributed by atoms with E-state index < -0.39 is 24.2 Å². The van der Waals surface area contributed by atoms with Crippen LogP contribution < -0.4 is 5.32 Å². The topological polar surface area (TPSA) is 95.9 Å². The highest BCUT2D eigenvalue weighted by Crippen LogP contribution is 2.07. The third-order valence-corrected chi connectivity index (χ3v) is 2.57. The van der Waals surface area contributed by atoms with E-state index in [1.165, 1.54) is 6.08 Å². The number of nitrogens with one attached hydrogen (secondary N) is 1. The first-order valence-electron chi connectivity index (χ1n) is 6.03. The summed E-state index contributed by atoms with van der Waals surface area (Å²) >= 11 is 0. The number of aliphatic hydroxyl groups is 1. The molecule has 0 aliphatic heterocycles. The van der Waals surface area contributed by atoms with Crippen LogP contribution >= 0.6 is 0 Å². The van der Waals surface area contributed by atoms with Crippen LogP contribution in [0.5, 0.6) is 0 Å². The van der Waals surface area contributed by atoms with E-state index in [-0.39, 0.29) is 13.0 Å². The first kappa shape index (κ1) is 15.7. The number of carboxylic acid groups (broad SMARTS) is 1. The Kier molecular flexibility index (Phi) is 6.25. The first-order chi connectivity index (χ1) is 9.54. The number of carboxylic acids is 1. The lowest BCUT2D eigenvalue weighted by Gasteiger charge is -2.21. The Bertz CT molecular complexity index is 460. The lowest BCUT2D eigenvalue weighted by Crippen LogP contribution is -2.48. The minimum Gasteiger partial charge on any atom is -0.479 e. The van der Waals surface area contributed by atoms with Gasteiger partial charge in [0.05, 0.1) is 6.04 Å². The average molecular weight is 279 g/mol. The van der Waals surface area contributed by atoms with Gasteiger partial charge in [0.15, 0.2) is 6.10 Å². The number of aliphatic hydroxyl groups excluding tert-OH is 1. The van der Waals surface area contributed by atoms with Gasteiger partial charge in [-0.25, -0.2) is 9.59 Å². The summed E-state index contributed by atoms with van der Waals surface area (Å²) in [6, 6.07) is 7.96. The van der Waals surface area contributed by atoms with Gasteiger partial charge in [-0.05, 0) is 12.0 Å². The number of hydrogen-bond donors (Lipinski definition) is 3. The van der Waals surface area contributed by atoms with Crippen molar-refractivity contribution in [2.24, 2.45) is 0 Å². The van der Waals surface area contributed by atoms with Crippen molar-refractivity contribution in [1.82, 2.24) is 5.32 Å². The smallest absolute Gasteiger partial charge is 0.407 e. The molecule has 0 aliphatic rings. The molecule has 0 saturated heterocycles. The number of carbonyl (C=O) groups is 2. The second-order valence-corrected chi connectivity index (χ2v) is 4.11. The van der Waals surface area contributed by atoms with Gasteiger partial charge in [-0.15, -0.1) is 0 Å². The van der Waals surface area contributed by atoms with Crippen LogP contribution in [-0.4, -0.2) is 41.0 Å². The van der Waals surface area contributed by atoms with Crippen molar-refractivity contribution in [2.45, 2.75) is 18.6 Å². The Morgan fingerprint density at radius 1 is 1.35 bits per heavy atom. The van der Waals surface area contributed by atoms with Crippen molar-refractivity contribution in [3.05, 3.63) is 48.6 Å². The van der Waals surface area contributed by atoms with Crippen LogP contribution in [0.2, 0.25) is 0 Å². The Morgan fingerprint density at radius 3 is 2.55 bits per heavy atom. The molecule has 1 rings (SSSR count). The summed E-state index contributed by atoms with van der Waals surface area (Å²) in [6.07, 6.45) is -0.950. The van der Waals surface area contributed by atoms with E-state index in [2.05, 4.69) is 11.9 Å². The molecule has 0 heterocycles.